The first-order valence-corrected chi connectivity index (χ1v) is 11.8. The van der Waals surface area contributed by atoms with Crippen molar-refractivity contribution < 1.29 is 36.7 Å². The van der Waals surface area contributed by atoms with Gasteiger partial charge in [0, 0.05) is 0 Å². The van der Waals surface area contributed by atoms with Crippen molar-refractivity contribution in [2.45, 2.75) is 98.6 Å². The third-order valence-electron chi connectivity index (χ3n) is 5.64. The standard InChI is InChI=1S/C20H30BF3O3.C5H11NO2/c1-13(2)10-14(3)12-25-17-9-8-15(11-16(17)20(22,23)24)21-26-18(4,5)19(6,7)27-21;1-5(2,3)8-4(6)7/h8-9,11,13-14H,10,12H2,1-7H3;1-3H3,(H2,6,7). The molecule has 1 saturated heterocycles. The van der Waals surface area contributed by atoms with E-state index in [1.807, 2.05) is 34.6 Å². The van der Waals surface area contributed by atoms with Crippen LogP contribution in [0.15, 0.2) is 18.2 Å². The largest absolute Gasteiger partial charge is 0.494 e. The molecule has 6 nitrogen and oxygen atoms in total. The Kier molecular flexibility index (Phi) is 10.1. The van der Waals surface area contributed by atoms with Crippen molar-refractivity contribution in [1.29, 1.82) is 0 Å². The van der Waals surface area contributed by atoms with E-state index in [0.717, 1.165) is 12.5 Å². The van der Waals surface area contributed by atoms with Crippen LogP contribution in [0, 0.1) is 11.8 Å². The second kappa shape index (κ2) is 11.4. The predicted molar refractivity (Wildman–Crippen MR) is 132 cm³/mol. The van der Waals surface area contributed by atoms with E-state index in [2.05, 4.69) is 18.6 Å². The molecule has 1 aromatic carbocycles. The van der Waals surface area contributed by atoms with E-state index in [1.165, 1.54) is 6.07 Å². The summed E-state index contributed by atoms with van der Waals surface area (Å²) >= 11 is 0. The number of halogens is 3. The Hall–Kier alpha value is -1.94. The summed E-state index contributed by atoms with van der Waals surface area (Å²) < 4.78 is 62.6. The topological polar surface area (TPSA) is 80.0 Å². The van der Waals surface area contributed by atoms with Crippen LogP contribution in [0.3, 0.4) is 0 Å². The van der Waals surface area contributed by atoms with E-state index < -0.39 is 41.8 Å². The molecule has 0 spiro atoms. The van der Waals surface area contributed by atoms with E-state index in [4.69, 9.17) is 19.8 Å². The Morgan fingerprint density at radius 3 is 1.94 bits per heavy atom. The number of carbonyl (C=O) groups is 1. The van der Waals surface area contributed by atoms with Gasteiger partial charge in [0.2, 0.25) is 0 Å². The molecular formula is C25H41BF3NO5. The lowest BCUT2D eigenvalue weighted by Crippen LogP contribution is -2.41. The predicted octanol–water partition coefficient (Wildman–Crippen LogP) is 5.95. The van der Waals surface area contributed by atoms with Crippen molar-refractivity contribution in [2.75, 3.05) is 6.61 Å². The van der Waals surface area contributed by atoms with Crippen LogP contribution in [0.2, 0.25) is 0 Å². The summed E-state index contributed by atoms with van der Waals surface area (Å²) in [6.07, 6.45) is -4.35. The van der Waals surface area contributed by atoms with Gasteiger partial charge in [-0.3, -0.25) is 0 Å². The number of alkyl halides is 3. The number of amides is 1. The maximum Gasteiger partial charge on any atom is 0.494 e. The zero-order valence-electron chi connectivity index (χ0n) is 22.6. The third kappa shape index (κ3) is 9.92. The van der Waals surface area contributed by atoms with Crippen LogP contribution in [0.4, 0.5) is 18.0 Å². The summed E-state index contributed by atoms with van der Waals surface area (Å²) in [7, 11) is -0.843. The number of benzene rings is 1. The molecule has 2 N–H and O–H groups in total. The Labute approximate surface area is 208 Å². The lowest BCUT2D eigenvalue weighted by atomic mass is 9.78. The first-order chi connectivity index (χ1) is 15.6. The minimum Gasteiger partial charge on any atom is -0.493 e. The number of rotatable bonds is 6. The number of hydrogen-bond acceptors (Lipinski definition) is 5. The molecule has 200 valence electrons. The zero-order chi connectivity index (χ0) is 27.4. The number of carbonyl (C=O) groups excluding carboxylic acids is 1. The van der Waals surface area contributed by atoms with Gasteiger partial charge in [-0.15, -0.1) is 0 Å². The highest BCUT2D eigenvalue weighted by Gasteiger charge is 2.52. The average Bonchev–Trinajstić information content (AvgIpc) is 2.84. The molecule has 0 saturated carbocycles. The molecule has 0 bridgehead atoms. The molecule has 0 radical (unpaired) electrons. The second-order valence-corrected chi connectivity index (χ2v) is 11.4. The molecule has 0 aliphatic carbocycles. The molecule has 10 heteroatoms. The van der Waals surface area contributed by atoms with Gasteiger partial charge in [0.25, 0.3) is 0 Å². The first kappa shape index (κ1) is 31.1. The maximum atomic E-state index is 13.6. The Morgan fingerprint density at radius 2 is 1.57 bits per heavy atom. The van der Waals surface area contributed by atoms with Crippen LogP contribution in [0.25, 0.3) is 0 Å². The van der Waals surface area contributed by atoms with Crippen LogP contribution >= 0.6 is 0 Å². The molecule has 1 aliphatic heterocycles. The Balaban J connectivity index is 0.000000658. The highest BCUT2D eigenvalue weighted by atomic mass is 19.4. The van der Waals surface area contributed by atoms with Crippen molar-refractivity contribution in [3.8, 4) is 5.75 Å². The van der Waals surface area contributed by atoms with E-state index in [0.29, 0.717) is 11.4 Å². The quantitative estimate of drug-likeness (QED) is 0.486. The van der Waals surface area contributed by atoms with Crippen LogP contribution in [0.1, 0.15) is 81.2 Å². The van der Waals surface area contributed by atoms with Gasteiger partial charge in [-0.2, -0.15) is 13.2 Å². The zero-order valence-corrected chi connectivity index (χ0v) is 22.6. The second-order valence-electron chi connectivity index (χ2n) is 11.4. The highest BCUT2D eigenvalue weighted by molar-refractivity contribution is 6.62. The van der Waals surface area contributed by atoms with Gasteiger partial charge in [-0.05, 0) is 84.3 Å². The van der Waals surface area contributed by atoms with Gasteiger partial charge < -0.3 is 24.5 Å². The summed E-state index contributed by atoms with van der Waals surface area (Å²) in [5.74, 6) is 0.490. The average molecular weight is 503 g/mol. The summed E-state index contributed by atoms with van der Waals surface area (Å²) in [6.45, 7) is 19.1. The number of hydrogen-bond donors (Lipinski definition) is 1. The molecule has 1 aliphatic rings. The fraction of sp³-hybridized carbons (Fsp3) is 0.720. The summed E-state index contributed by atoms with van der Waals surface area (Å²) in [5, 5.41) is 0. The van der Waals surface area contributed by atoms with Crippen LogP contribution < -0.4 is 15.9 Å². The van der Waals surface area contributed by atoms with E-state index in [-0.39, 0.29) is 18.3 Å². The van der Waals surface area contributed by atoms with Crippen LogP contribution in [-0.4, -0.2) is 36.6 Å². The minimum absolute atomic E-state index is 0.154. The molecule has 1 amide bonds. The van der Waals surface area contributed by atoms with E-state index >= 15 is 0 Å². The molecule has 1 fully saturated rings. The van der Waals surface area contributed by atoms with Crippen LogP contribution in [-0.2, 0) is 20.2 Å². The highest BCUT2D eigenvalue weighted by Crippen LogP contribution is 2.39. The van der Waals surface area contributed by atoms with Crippen molar-refractivity contribution in [3.05, 3.63) is 23.8 Å². The third-order valence-corrected chi connectivity index (χ3v) is 5.64. The van der Waals surface area contributed by atoms with Crippen molar-refractivity contribution in [3.63, 3.8) is 0 Å². The normalized spacial score (nSPS) is 18.1. The molecule has 35 heavy (non-hydrogen) atoms. The van der Waals surface area contributed by atoms with Crippen LogP contribution in [0.5, 0.6) is 5.75 Å². The van der Waals surface area contributed by atoms with Gasteiger partial charge in [-0.25, -0.2) is 4.79 Å². The molecule has 2 rings (SSSR count). The number of primary amides is 1. The minimum atomic E-state index is -4.52. The van der Waals surface area contributed by atoms with E-state index in [1.54, 1.807) is 26.8 Å². The fourth-order valence-corrected chi connectivity index (χ4v) is 3.43. The molecular weight excluding hydrogens is 462 g/mol. The molecule has 1 atom stereocenters. The monoisotopic (exact) mass is 503 g/mol. The Bertz CT molecular complexity index is 834. The SMILES string of the molecule is CC(C)(C)OC(N)=O.CC(C)CC(C)COc1ccc(B2OC(C)(C)C(C)(C)O2)cc1C(F)(F)F. The lowest BCUT2D eigenvalue weighted by molar-refractivity contribution is -0.139. The summed E-state index contributed by atoms with van der Waals surface area (Å²) in [5.41, 5.74) is 2.57. The summed E-state index contributed by atoms with van der Waals surface area (Å²) in [4.78, 5) is 10.0. The van der Waals surface area contributed by atoms with Gasteiger partial charge in [-0.1, -0.05) is 26.8 Å². The smallest absolute Gasteiger partial charge is 0.493 e. The molecule has 0 aromatic heterocycles. The fourth-order valence-electron chi connectivity index (χ4n) is 3.43. The maximum absolute atomic E-state index is 13.6. The van der Waals surface area contributed by atoms with Gasteiger partial charge in [0.15, 0.2) is 0 Å². The molecule has 1 unspecified atom stereocenters. The molecule has 1 heterocycles. The number of ether oxygens (including phenoxy) is 2. The van der Waals surface area contributed by atoms with E-state index in [9.17, 15) is 18.0 Å². The first-order valence-electron chi connectivity index (χ1n) is 11.8. The van der Waals surface area contributed by atoms with Crippen molar-refractivity contribution in [2.24, 2.45) is 17.6 Å². The van der Waals surface area contributed by atoms with Gasteiger partial charge in [0.05, 0.1) is 23.4 Å². The lowest BCUT2D eigenvalue weighted by Gasteiger charge is -2.32. The Morgan fingerprint density at radius 1 is 1.06 bits per heavy atom. The number of nitrogens with two attached hydrogens (primary N) is 1. The molecule has 1 aromatic rings. The summed E-state index contributed by atoms with van der Waals surface area (Å²) in [6, 6.07) is 4.02. The van der Waals surface area contributed by atoms with Crippen molar-refractivity contribution >= 4 is 18.7 Å². The van der Waals surface area contributed by atoms with Gasteiger partial charge >= 0.3 is 19.4 Å². The van der Waals surface area contributed by atoms with Crippen molar-refractivity contribution in [1.82, 2.24) is 0 Å². The van der Waals surface area contributed by atoms with Gasteiger partial charge in [0.1, 0.15) is 11.4 Å².